The Morgan fingerprint density at radius 1 is 1.29 bits per heavy atom. The second-order valence-corrected chi connectivity index (χ2v) is 4.75. The van der Waals surface area contributed by atoms with Gasteiger partial charge < -0.3 is 15.3 Å². The van der Waals surface area contributed by atoms with Crippen molar-refractivity contribution >= 4 is 35.2 Å². The molecule has 0 atom stereocenters. The number of rotatable bonds is 5. The van der Waals surface area contributed by atoms with Crippen LogP contribution < -0.4 is 10.5 Å². The Hall–Kier alpha value is -2.05. The Balaban J connectivity index is 2.17. The van der Waals surface area contributed by atoms with Gasteiger partial charge in [-0.25, -0.2) is 9.97 Å². The Morgan fingerprint density at radius 2 is 2.10 bits per heavy atom. The predicted octanol–water partition coefficient (Wildman–Crippen LogP) is 2.92. The first-order valence-corrected chi connectivity index (χ1v) is 6.61. The minimum atomic E-state index is 0.245. The number of nitrogens with two attached hydrogens (primary N) is 1. The Morgan fingerprint density at radius 3 is 2.81 bits per heavy atom. The molecule has 0 bridgehead atoms. The first kappa shape index (κ1) is 15.3. The molecule has 0 radical (unpaired) electrons. The average Bonchev–Trinajstić information content (AvgIpc) is 2.47. The van der Waals surface area contributed by atoms with Gasteiger partial charge in [0.05, 0.1) is 16.3 Å². The van der Waals surface area contributed by atoms with Gasteiger partial charge in [0.2, 0.25) is 5.88 Å². The van der Waals surface area contributed by atoms with Crippen molar-refractivity contribution in [3.63, 3.8) is 0 Å². The van der Waals surface area contributed by atoms with Crippen LogP contribution in [0.3, 0.4) is 0 Å². The average molecular weight is 327 g/mol. The molecule has 2 aromatic rings. The maximum Gasteiger partial charge on any atom is 0.228 e. The van der Waals surface area contributed by atoms with Crippen molar-refractivity contribution in [3.8, 4) is 5.88 Å². The van der Waals surface area contributed by atoms with Gasteiger partial charge in [-0.05, 0) is 17.7 Å². The van der Waals surface area contributed by atoms with Crippen LogP contribution in [0.2, 0.25) is 10.0 Å². The van der Waals surface area contributed by atoms with Crippen LogP contribution in [0.5, 0.6) is 5.88 Å². The standard InChI is InChI=1S/C13H12Cl2N4O2/c1-20-19-5-9-12(16)17-7-18-13(9)21-6-8-2-3-10(14)11(15)4-8/h2-5,7H,6H2,1H3,(H2,16,17,18)/b19-5+. The number of oxime groups is 1. The molecule has 0 fully saturated rings. The first-order valence-electron chi connectivity index (χ1n) is 5.85. The van der Waals surface area contributed by atoms with Crippen LogP contribution in [0.25, 0.3) is 0 Å². The van der Waals surface area contributed by atoms with Crippen LogP contribution in [0.15, 0.2) is 29.7 Å². The maximum atomic E-state index is 5.95. The third-order valence-electron chi connectivity index (χ3n) is 2.52. The van der Waals surface area contributed by atoms with Gasteiger partial charge in [0.1, 0.15) is 31.4 Å². The second kappa shape index (κ2) is 7.10. The number of anilines is 1. The van der Waals surface area contributed by atoms with Crippen LogP contribution in [0.4, 0.5) is 5.82 Å². The molecular weight excluding hydrogens is 315 g/mol. The lowest BCUT2D eigenvalue weighted by atomic mass is 10.2. The van der Waals surface area contributed by atoms with E-state index in [0.717, 1.165) is 5.56 Å². The predicted molar refractivity (Wildman–Crippen MR) is 81.8 cm³/mol. The Bertz CT molecular complexity index is 665. The quantitative estimate of drug-likeness (QED) is 0.674. The third kappa shape index (κ3) is 3.96. The number of benzene rings is 1. The van der Waals surface area contributed by atoms with Crippen LogP contribution >= 0.6 is 23.2 Å². The molecular formula is C13H12Cl2N4O2. The fourth-order valence-electron chi connectivity index (χ4n) is 1.52. The van der Waals surface area contributed by atoms with Gasteiger partial charge in [0, 0.05) is 0 Å². The molecule has 21 heavy (non-hydrogen) atoms. The largest absolute Gasteiger partial charge is 0.472 e. The van der Waals surface area contributed by atoms with E-state index in [1.165, 1.54) is 19.7 Å². The first-order chi connectivity index (χ1) is 10.1. The van der Waals surface area contributed by atoms with E-state index in [1.807, 2.05) is 6.07 Å². The fourth-order valence-corrected chi connectivity index (χ4v) is 1.84. The molecule has 2 rings (SSSR count). The minimum Gasteiger partial charge on any atom is -0.472 e. The number of nitrogens with zero attached hydrogens (tertiary/aromatic N) is 3. The molecule has 0 saturated heterocycles. The lowest BCUT2D eigenvalue weighted by Gasteiger charge is -2.09. The zero-order valence-corrected chi connectivity index (χ0v) is 12.6. The summed E-state index contributed by atoms with van der Waals surface area (Å²) in [5.41, 5.74) is 7.05. The number of ether oxygens (including phenoxy) is 1. The van der Waals surface area contributed by atoms with Crippen molar-refractivity contribution in [2.75, 3.05) is 12.8 Å². The summed E-state index contributed by atoms with van der Waals surface area (Å²) >= 11 is 11.8. The highest BCUT2D eigenvalue weighted by atomic mass is 35.5. The number of halogens is 2. The molecule has 1 heterocycles. The van der Waals surface area contributed by atoms with Crippen molar-refractivity contribution in [3.05, 3.63) is 45.7 Å². The highest BCUT2D eigenvalue weighted by Gasteiger charge is 2.09. The normalized spacial score (nSPS) is 10.8. The summed E-state index contributed by atoms with van der Waals surface area (Å²) < 4.78 is 5.62. The highest BCUT2D eigenvalue weighted by molar-refractivity contribution is 6.42. The summed E-state index contributed by atoms with van der Waals surface area (Å²) in [4.78, 5) is 12.5. The monoisotopic (exact) mass is 326 g/mol. The lowest BCUT2D eigenvalue weighted by Crippen LogP contribution is -2.05. The summed E-state index contributed by atoms with van der Waals surface area (Å²) in [5, 5.41) is 4.59. The van der Waals surface area contributed by atoms with E-state index < -0.39 is 0 Å². The molecule has 0 saturated carbocycles. The molecule has 0 aliphatic rings. The summed E-state index contributed by atoms with van der Waals surface area (Å²) in [6.07, 6.45) is 2.70. The molecule has 6 nitrogen and oxygen atoms in total. The van der Waals surface area contributed by atoms with Crippen LogP contribution in [-0.2, 0) is 11.4 Å². The SMILES string of the molecule is CO/N=C/c1c(N)ncnc1OCc1ccc(Cl)c(Cl)c1. The molecule has 8 heteroatoms. The van der Waals surface area contributed by atoms with Gasteiger partial charge in [-0.3, -0.25) is 0 Å². The van der Waals surface area contributed by atoms with Crippen LogP contribution in [0, 0.1) is 0 Å². The number of nitrogen functional groups attached to an aromatic ring is 1. The van der Waals surface area contributed by atoms with Gasteiger partial charge in [-0.15, -0.1) is 0 Å². The summed E-state index contributed by atoms with van der Waals surface area (Å²) in [5.74, 6) is 0.546. The van der Waals surface area contributed by atoms with Gasteiger partial charge in [-0.1, -0.05) is 34.4 Å². The van der Waals surface area contributed by atoms with E-state index in [1.54, 1.807) is 12.1 Å². The third-order valence-corrected chi connectivity index (χ3v) is 3.26. The van der Waals surface area contributed by atoms with Gasteiger partial charge in [0.25, 0.3) is 0 Å². The van der Waals surface area contributed by atoms with E-state index in [0.29, 0.717) is 21.5 Å². The molecule has 0 aliphatic heterocycles. The van der Waals surface area contributed by atoms with E-state index >= 15 is 0 Å². The maximum absolute atomic E-state index is 5.95. The molecule has 0 amide bonds. The summed E-state index contributed by atoms with van der Waals surface area (Å²) in [6, 6.07) is 5.23. The van der Waals surface area contributed by atoms with E-state index in [4.69, 9.17) is 33.7 Å². The van der Waals surface area contributed by atoms with Crippen molar-refractivity contribution in [2.45, 2.75) is 6.61 Å². The number of aromatic nitrogens is 2. The number of hydrogen-bond donors (Lipinski definition) is 1. The van der Waals surface area contributed by atoms with E-state index in [2.05, 4.69) is 20.0 Å². The summed E-state index contributed by atoms with van der Waals surface area (Å²) in [6.45, 7) is 0.251. The Kier molecular flexibility index (Phi) is 5.19. The van der Waals surface area contributed by atoms with Gasteiger partial charge in [-0.2, -0.15) is 0 Å². The van der Waals surface area contributed by atoms with Crippen LogP contribution in [0.1, 0.15) is 11.1 Å². The zero-order chi connectivity index (χ0) is 15.2. The van der Waals surface area contributed by atoms with Crippen molar-refractivity contribution in [2.24, 2.45) is 5.16 Å². The molecule has 1 aromatic carbocycles. The molecule has 1 aromatic heterocycles. The molecule has 0 unspecified atom stereocenters. The fraction of sp³-hybridized carbons (Fsp3) is 0.154. The molecule has 0 aliphatic carbocycles. The highest BCUT2D eigenvalue weighted by Crippen LogP contribution is 2.24. The zero-order valence-electron chi connectivity index (χ0n) is 11.1. The summed E-state index contributed by atoms with van der Waals surface area (Å²) in [7, 11) is 1.42. The number of hydrogen-bond acceptors (Lipinski definition) is 6. The molecule has 0 spiro atoms. The lowest BCUT2D eigenvalue weighted by molar-refractivity contribution is 0.215. The van der Waals surface area contributed by atoms with E-state index in [9.17, 15) is 0 Å². The smallest absolute Gasteiger partial charge is 0.228 e. The topological polar surface area (TPSA) is 82.6 Å². The van der Waals surface area contributed by atoms with Crippen molar-refractivity contribution in [1.29, 1.82) is 0 Å². The van der Waals surface area contributed by atoms with Gasteiger partial charge >= 0.3 is 0 Å². The minimum absolute atomic E-state index is 0.245. The van der Waals surface area contributed by atoms with Crippen LogP contribution in [-0.4, -0.2) is 23.3 Å². The molecule has 110 valence electrons. The Labute approximate surface area is 131 Å². The van der Waals surface area contributed by atoms with Gasteiger partial charge in [0.15, 0.2) is 0 Å². The second-order valence-electron chi connectivity index (χ2n) is 3.93. The van der Waals surface area contributed by atoms with Crippen molar-refractivity contribution < 1.29 is 9.57 Å². The van der Waals surface area contributed by atoms with Crippen molar-refractivity contribution in [1.82, 2.24) is 9.97 Å². The van der Waals surface area contributed by atoms with E-state index in [-0.39, 0.29) is 12.4 Å². The molecule has 2 N–H and O–H groups in total.